The molecule has 2 rings (SSSR count). The van der Waals surface area contributed by atoms with Crippen LogP contribution in [0, 0.1) is 19.3 Å². The molecule has 1 aromatic rings. The van der Waals surface area contributed by atoms with Gasteiger partial charge in [-0.05, 0) is 32.1 Å². The van der Waals surface area contributed by atoms with Gasteiger partial charge in [0.25, 0.3) is 0 Å². The lowest BCUT2D eigenvalue weighted by Gasteiger charge is -2.10. The van der Waals surface area contributed by atoms with E-state index < -0.39 is 0 Å². The van der Waals surface area contributed by atoms with Gasteiger partial charge >= 0.3 is 0 Å². The Morgan fingerprint density at radius 3 is 2.64 bits per heavy atom. The Hall–Kier alpha value is -1.12. The number of hydrogen-bond acceptors (Lipinski definition) is 3. The lowest BCUT2D eigenvalue weighted by atomic mass is 10.1. The van der Waals surface area contributed by atoms with Gasteiger partial charge in [0.1, 0.15) is 5.82 Å². The van der Waals surface area contributed by atoms with Crippen molar-refractivity contribution in [2.75, 3.05) is 11.9 Å². The summed E-state index contributed by atoms with van der Waals surface area (Å²) in [6.07, 6.45) is 4.48. The lowest BCUT2D eigenvalue weighted by Crippen LogP contribution is -2.13. The second kappa shape index (κ2) is 3.23. The van der Waals surface area contributed by atoms with Crippen LogP contribution in [-0.2, 0) is 0 Å². The predicted octanol–water partition coefficient (Wildman–Crippen LogP) is 2.31. The van der Waals surface area contributed by atoms with Crippen molar-refractivity contribution in [3.05, 3.63) is 17.6 Å². The molecule has 1 saturated carbocycles. The van der Waals surface area contributed by atoms with Crippen molar-refractivity contribution in [2.24, 2.45) is 5.41 Å². The molecule has 1 fully saturated rings. The van der Waals surface area contributed by atoms with E-state index in [9.17, 15) is 0 Å². The van der Waals surface area contributed by atoms with Gasteiger partial charge in [-0.2, -0.15) is 0 Å². The van der Waals surface area contributed by atoms with E-state index in [1.807, 2.05) is 20.0 Å². The van der Waals surface area contributed by atoms with Crippen molar-refractivity contribution in [3.8, 4) is 0 Å². The zero-order valence-electron chi connectivity index (χ0n) is 9.09. The largest absolute Gasteiger partial charge is 0.368 e. The fourth-order valence-electron chi connectivity index (χ4n) is 1.32. The summed E-state index contributed by atoms with van der Waals surface area (Å²) in [5.41, 5.74) is 2.53. The maximum atomic E-state index is 4.43. The number of nitrogens with zero attached hydrogens (tertiary/aromatic N) is 2. The molecule has 0 atom stereocenters. The van der Waals surface area contributed by atoms with Gasteiger partial charge in [-0.3, -0.25) is 4.98 Å². The number of nitrogens with one attached hydrogen (secondary N) is 1. The van der Waals surface area contributed by atoms with Crippen molar-refractivity contribution in [1.29, 1.82) is 0 Å². The zero-order valence-corrected chi connectivity index (χ0v) is 9.09. The third-order valence-corrected chi connectivity index (χ3v) is 2.99. The fraction of sp³-hybridized carbons (Fsp3) is 0.636. The van der Waals surface area contributed by atoms with Crippen LogP contribution in [0.1, 0.15) is 31.2 Å². The normalized spacial score (nSPS) is 17.9. The highest BCUT2D eigenvalue weighted by atomic mass is 15.0. The first-order valence-electron chi connectivity index (χ1n) is 5.13. The van der Waals surface area contributed by atoms with Crippen molar-refractivity contribution < 1.29 is 0 Å². The molecule has 0 saturated heterocycles. The zero-order chi connectivity index (χ0) is 10.2. The smallest absolute Gasteiger partial charge is 0.144 e. The molecule has 1 aliphatic carbocycles. The molecule has 1 aliphatic rings. The van der Waals surface area contributed by atoms with Gasteiger partial charge in [0.2, 0.25) is 0 Å². The molecule has 3 nitrogen and oxygen atoms in total. The van der Waals surface area contributed by atoms with Crippen LogP contribution in [0.2, 0.25) is 0 Å². The van der Waals surface area contributed by atoms with Crippen LogP contribution >= 0.6 is 0 Å². The maximum absolute atomic E-state index is 4.43. The second-order valence-corrected chi connectivity index (χ2v) is 4.59. The molecule has 14 heavy (non-hydrogen) atoms. The van der Waals surface area contributed by atoms with E-state index >= 15 is 0 Å². The molecule has 0 aromatic carbocycles. The summed E-state index contributed by atoms with van der Waals surface area (Å²) < 4.78 is 0. The third-order valence-electron chi connectivity index (χ3n) is 2.99. The van der Waals surface area contributed by atoms with E-state index in [0.717, 1.165) is 23.8 Å². The molecular formula is C11H17N3. The Labute approximate surface area is 85.0 Å². The van der Waals surface area contributed by atoms with Crippen molar-refractivity contribution in [3.63, 3.8) is 0 Å². The summed E-state index contributed by atoms with van der Waals surface area (Å²) in [6, 6.07) is 0. The summed E-state index contributed by atoms with van der Waals surface area (Å²) in [6.45, 7) is 7.29. The lowest BCUT2D eigenvalue weighted by molar-refractivity contribution is 0.609. The number of hydrogen-bond donors (Lipinski definition) is 1. The molecule has 0 unspecified atom stereocenters. The van der Waals surface area contributed by atoms with Crippen LogP contribution in [0.3, 0.4) is 0 Å². The van der Waals surface area contributed by atoms with Gasteiger partial charge in [-0.1, -0.05) is 6.92 Å². The monoisotopic (exact) mass is 191 g/mol. The molecular weight excluding hydrogens is 174 g/mol. The molecule has 1 heterocycles. The van der Waals surface area contributed by atoms with E-state index in [0.29, 0.717) is 5.41 Å². The summed E-state index contributed by atoms with van der Waals surface area (Å²) in [7, 11) is 0. The van der Waals surface area contributed by atoms with Gasteiger partial charge in [0, 0.05) is 6.54 Å². The van der Waals surface area contributed by atoms with Crippen molar-refractivity contribution >= 4 is 5.82 Å². The van der Waals surface area contributed by atoms with Crippen LogP contribution in [0.25, 0.3) is 0 Å². The number of aryl methyl sites for hydroxylation is 2. The topological polar surface area (TPSA) is 37.8 Å². The minimum atomic E-state index is 0.514. The van der Waals surface area contributed by atoms with Crippen molar-refractivity contribution in [1.82, 2.24) is 9.97 Å². The van der Waals surface area contributed by atoms with E-state index in [-0.39, 0.29) is 0 Å². The standard InChI is InChI=1S/C11H17N3/c1-8-9(2)14-10(6-12-8)13-7-11(3)4-5-11/h6H,4-5,7H2,1-3H3,(H,13,14). The second-order valence-electron chi connectivity index (χ2n) is 4.59. The highest BCUT2D eigenvalue weighted by Gasteiger charge is 2.36. The third kappa shape index (κ3) is 2.03. The number of rotatable bonds is 3. The Balaban J connectivity index is 1.99. The first-order valence-corrected chi connectivity index (χ1v) is 5.13. The Kier molecular flexibility index (Phi) is 2.17. The van der Waals surface area contributed by atoms with Crippen LogP contribution in [0.5, 0.6) is 0 Å². The van der Waals surface area contributed by atoms with Gasteiger partial charge in [-0.15, -0.1) is 0 Å². The highest BCUT2D eigenvalue weighted by molar-refractivity contribution is 5.34. The first kappa shape index (κ1) is 9.44. The van der Waals surface area contributed by atoms with E-state index in [1.165, 1.54) is 12.8 Å². The molecule has 0 spiro atoms. The first-order chi connectivity index (χ1) is 6.59. The van der Waals surface area contributed by atoms with Crippen molar-refractivity contribution in [2.45, 2.75) is 33.6 Å². The van der Waals surface area contributed by atoms with Crippen LogP contribution in [0.15, 0.2) is 6.20 Å². The maximum Gasteiger partial charge on any atom is 0.144 e. The molecule has 1 N–H and O–H groups in total. The SMILES string of the molecule is Cc1ncc(NCC2(C)CC2)nc1C. The minimum Gasteiger partial charge on any atom is -0.368 e. The van der Waals surface area contributed by atoms with E-state index in [1.54, 1.807) is 0 Å². The number of anilines is 1. The average molecular weight is 191 g/mol. The predicted molar refractivity (Wildman–Crippen MR) is 57.3 cm³/mol. The minimum absolute atomic E-state index is 0.514. The Morgan fingerprint density at radius 1 is 1.36 bits per heavy atom. The van der Waals surface area contributed by atoms with Gasteiger partial charge < -0.3 is 5.32 Å². The van der Waals surface area contributed by atoms with Crippen LogP contribution in [-0.4, -0.2) is 16.5 Å². The fourth-order valence-corrected chi connectivity index (χ4v) is 1.32. The summed E-state index contributed by atoms with van der Waals surface area (Å²) in [5.74, 6) is 0.904. The summed E-state index contributed by atoms with van der Waals surface area (Å²) in [4.78, 5) is 8.70. The van der Waals surface area contributed by atoms with Gasteiger partial charge in [0.15, 0.2) is 0 Å². The average Bonchev–Trinajstić information content (AvgIpc) is 2.87. The summed E-state index contributed by atoms with van der Waals surface area (Å²) >= 11 is 0. The molecule has 0 amide bonds. The molecule has 1 aromatic heterocycles. The quantitative estimate of drug-likeness (QED) is 0.796. The molecule has 0 bridgehead atoms. The highest BCUT2D eigenvalue weighted by Crippen LogP contribution is 2.44. The molecule has 0 radical (unpaired) electrons. The Morgan fingerprint density at radius 2 is 2.07 bits per heavy atom. The molecule has 76 valence electrons. The number of aromatic nitrogens is 2. The molecule has 0 aliphatic heterocycles. The van der Waals surface area contributed by atoms with Crippen LogP contribution in [0.4, 0.5) is 5.82 Å². The van der Waals surface area contributed by atoms with E-state index in [4.69, 9.17) is 0 Å². The van der Waals surface area contributed by atoms with E-state index in [2.05, 4.69) is 22.2 Å². The molecule has 3 heteroatoms. The van der Waals surface area contributed by atoms with Gasteiger partial charge in [0.05, 0.1) is 17.6 Å². The Bertz CT molecular complexity index is 342. The summed E-state index contributed by atoms with van der Waals surface area (Å²) in [5, 5.41) is 3.34. The van der Waals surface area contributed by atoms with Crippen LogP contribution < -0.4 is 5.32 Å². The van der Waals surface area contributed by atoms with Gasteiger partial charge in [-0.25, -0.2) is 4.98 Å².